The lowest BCUT2D eigenvalue weighted by molar-refractivity contribution is 0.0767. The molecular formula is C17H21N3O2S. The Labute approximate surface area is 140 Å². The minimum Gasteiger partial charge on any atom is -0.497 e. The van der Waals surface area contributed by atoms with Gasteiger partial charge in [0.2, 0.25) is 0 Å². The van der Waals surface area contributed by atoms with Gasteiger partial charge in [-0.25, -0.2) is 4.98 Å². The molecule has 2 heterocycles. The van der Waals surface area contributed by atoms with Crippen molar-refractivity contribution in [2.45, 2.75) is 13.3 Å². The quantitative estimate of drug-likeness (QED) is 0.868. The van der Waals surface area contributed by atoms with E-state index in [4.69, 9.17) is 4.74 Å². The largest absolute Gasteiger partial charge is 0.497 e. The Kier molecular flexibility index (Phi) is 4.81. The van der Waals surface area contributed by atoms with Gasteiger partial charge in [0.15, 0.2) is 5.13 Å². The van der Waals surface area contributed by atoms with Crippen LogP contribution in [0.3, 0.4) is 0 Å². The number of nitrogens with zero attached hydrogens (tertiary/aromatic N) is 3. The van der Waals surface area contributed by atoms with Crippen molar-refractivity contribution in [1.82, 2.24) is 9.88 Å². The van der Waals surface area contributed by atoms with E-state index < -0.39 is 0 Å². The summed E-state index contributed by atoms with van der Waals surface area (Å²) in [7, 11) is 1.63. The number of benzene rings is 1. The van der Waals surface area contributed by atoms with Crippen LogP contribution in [0.1, 0.15) is 21.7 Å². The van der Waals surface area contributed by atoms with E-state index in [2.05, 4.69) is 16.8 Å². The van der Waals surface area contributed by atoms with Crippen LogP contribution in [-0.4, -0.2) is 49.1 Å². The van der Waals surface area contributed by atoms with Gasteiger partial charge in [-0.05, 0) is 37.6 Å². The van der Waals surface area contributed by atoms with Crippen LogP contribution >= 0.6 is 11.3 Å². The highest BCUT2D eigenvalue weighted by atomic mass is 32.1. The second kappa shape index (κ2) is 7.00. The van der Waals surface area contributed by atoms with Gasteiger partial charge in [-0.3, -0.25) is 4.79 Å². The van der Waals surface area contributed by atoms with Crippen molar-refractivity contribution in [3.63, 3.8) is 0 Å². The zero-order chi connectivity index (χ0) is 16.2. The molecule has 0 spiro atoms. The van der Waals surface area contributed by atoms with Gasteiger partial charge in [-0.1, -0.05) is 0 Å². The first kappa shape index (κ1) is 15.8. The second-order valence-corrected chi connectivity index (χ2v) is 6.83. The molecule has 0 saturated carbocycles. The number of carbonyl (C=O) groups excluding carboxylic acids is 1. The maximum Gasteiger partial charge on any atom is 0.253 e. The molecule has 1 aromatic carbocycles. The maximum absolute atomic E-state index is 12.7. The van der Waals surface area contributed by atoms with Crippen molar-refractivity contribution in [3.05, 3.63) is 40.9 Å². The average molecular weight is 331 g/mol. The molecule has 2 aromatic rings. The predicted molar refractivity (Wildman–Crippen MR) is 92.6 cm³/mol. The molecule has 0 unspecified atom stereocenters. The highest BCUT2D eigenvalue weighted by Gasteiger charge is 2.21. The molecule has 1 amide bonds. The number of aromatic nitrogens is 1. The molecule has 5 nitrogen and oxygen atoms in total. The summed E-state index contributed by atoms with van der Waals surface area (Å²) in [6.07, 6.45) is 2.87. The fourth-order valence-corrected chi connectivity index (χ4v) is 3.53. The molecule has 0 bridgehead atoms. The first-order chi connectivity index (χ1) is 11.2. The molecule has 23 heavy (non-hydrogen) atoms. The summed E-state index contributed by atoms with van der Waals surface area (Å²) in [5, 5.41) is 1.06. The van der Waals surface area contributed by atoms with E-state index in [0.29, 0.717) is 5.56 Å². The van der Waals surface area contributed by atoms with Crippen LogP contribution in [-0.2, 0) is 0 Å². The van der Waals surface area contributed by atoms with E-state index in [0.717, 1.165) is 43.5 Å². The van der Waals surface area contributed by atoms with Gasteiger partial charge in [-0.2, -0.15) is 0 Å². The lowest BCUT2D eigenvalue weighted by atomic mass is 10.2. The van der Waals surface area contributed by atoms with E-state index in [1.807, 2.05) is 35.4 Å². The molecule has 122 valence electrons. The van der Waals surface area contributed by atoms with Crippen molar-refractivity contribution in [3.8, 4) is 5.75 Å². The SMILES string of the molecule is COc1ccc(C(=O)N2CCCN(c3ncc(C)s3)CC2)cc1. The van der Waals surface area contributed by atoms with E-state index in [-0.39, 0.29) is 5.91 Å². The molecule has 0 aliphatic carbocycles. The van der Waals surface area contributed by atoms with Crippen LogP contribution in [0.15, 0.2) is 30.5 Å². The van der Waals surface area contributed by atoms with Crippen molar-refractivity contribution in [2.24, 2.45) is 0 Å². The van der Waals surface area contributed by atoms with E-state index in [1.54, 1.807) is 18.4 Å². The molecule has 0 radical (unpaired) electrons. The molecule has 0 atom stereocenters. The Morgan fingerprint density at radius 1 is 1.17 bits per heavy atom. The van der Waals surface area contributed by atoms with E-state index >= 15 is 0 Å². The summed E-state index contributed by atoms with van der Waals surface area (Å²) in [6, 6.07) is 7.31. The van der Waals surface area contributed by atoms with Crippen LogP contribution in [0.4, 0.5) is 5.13 Å². The molecule has 3 rings (SSSR count). The average Bonchev–Trinajstić information content (AvgIpc) is 2.86. The zero-order valence-corrected chi connectivity index (χ0v) is 14.3. The number of carbonyl (C=O) groups is 1. The Morgan fingerprint density at radius 2 is 1.96 bits per heavy atom. The lowest BCUT2D eigenvalue weighted by Gasteiger charge is -2.21. The van der Waals surface area contributed by atoms with Gasteiger partial charge in [0.1, 0.15) is 5.75 Å². The van der Waals surface area contributed by atoms with Crippen molar-refractivity contribution in [2.75, 3.05) is 38.2 Å². The highest BCUT2D eigenvalue weighted by Crippen LogP contribution is 2.23. The molecular weight excluding hydrogens is 310 g/mol. The molecule has 6 heteroatoms. The van der Waals surface area contributed by atoms with Crippen LogP contribution in [0.5, 0.6) is 5.75 Å². The summed E-state index contributed by atoms with van der Waals surface area (Å²) in [5.41, 5.74) is 0.712. The Morgan fingerprint density at radius 3 is 2.61 bits per heavy atom. The molecule has 1 saturated heterocycles. The first-order valence-corrected chi connectivity index (χ1v) is 8.60. The first-order valence-electron chi connectivity index (χ1n) is 7.78. The highest BCUT2D eigenvalue weighted by molar-refractivity contribution is 7.15. The van der Waals surface area contributed by atoms with Gasteiger partial charge in [0, 0.05) is 42.8 Å². The van der Waals surface area contributed by atoms with Crippen molar-refractivity contribution < 1.29 is 9.53 Å². The van der Waals surface area contributed by atoms with Gasteiger partial charge >= 0.3 is 0 Å². The molecule has 0 N–H and O–H groups in total. The summed E-state index contributed by atoms with van der Waals surface area (Å²) in [6.45, 7) is 5.35. The normalized spacial score (nSPS) is 15.4. The standard InChI is InChI=1S/C17H21N3O2S/c1-13-12-18-17(23-13)20-9-3-8-19(10-11-20)16(21)14-4-6-15(22-2)7-5-14/h4-7,12H,3,8-11H2,1-2H3. The van der Waals surface area contributed by atoms with E-state index in [1.165, 1.54) is 4.88 Å². The van der Waals surface area contributed by atoms with Crippen LogP contribution < -0.4 is 9.64 Å². The number of methoxy groups -OCH3 is 1. The number of thiazole rings is 1. The van der Waals surface area contributed by atoms with Gasteiger partial charge in [0.05, 0.1) is 7.11 Å². The minimum atomic E-state index is 0.0878. The number of aryl methyl sites for hydroxylation is 1. The maximum atomic E-state index is 12.7. The van der Waals surface area contributed by atoms with Crippen LogP contribution in [0.25, 0.3) is 0 Å². The molecule has 1 aliphatic heterocycles. The fraction of sp³-hybridized carbons (Fsp3) is 0.412. The number of rotatable bonds is 3. The number of ether oxygens (including phenoxy) is 1. The van der Waals surface area contributed by atoms with Gasteiger partial charge in [-0.15, -0.1) is 11.3 Å². The smallest absolute Gasteiger partial charge is 0.253 e. The summed E-state index contributed by atoms with van der Waals surface area (Å²) >= 11 is 1.71. The summed E-state index contributed by atoms with van der Waals surface area (Å²) in [5.74, 6) is 0.854. The van der Waals surface area contributed by atoms with Crippen molar-refractivity contribution in [1.29, 1.82) is 0 Å². The molecule has 1 aliphatic rings. The summed E-state index contributed by atoms with van der Waals surface area (Å²) in [4.78, 5) is 22.5. The number of hydrogen-bond acceptors (Lipinski definition) is 5. The summed E-state index contributed by atoms with van der Waals surface area (Å²) < 4.78 is 5.14. The van der Waals surface area contributed by atoms with Crippen molar-refractivity contribution >= 4 is 22.4 Å². The minimum absolute atomic E-state index is 0.0878. The number of amides is 1. The third-order valence-corrected chi connectivity index (χ3v) is 4.97. The second-order valence-electron chi connectivity index (χ2n) is 5.61. The molecule has 1 aromatic heterocycles. The van der Waals surface area contributed by atoms with E-state index in [9.17, 15) is 4.79 Å². The lowest BCUT2D eigenvalue weighted by Crippen LogP contribution is -2.35. The Balaban J connectivity index is 1.65. The third kappa shape index (κ3) is 3.64. The Hall–Kier alpha value is -2.08. The number of anilines is 1. The fourth-order valence-electron chi connectivity index (χ4n) is 2.72. The Bertz CT molecular complexity index is 669. The monoisotopic (exact) mass is 331 g/mol. The number of hydrogen-bond donors (Lipinski definition) is 0. The third-order valence-electron chi connectivity index (χ3n) is 4.00. The van der Waals surface area contributed by atoms with Gasteiger partial charge in [0.25, 0.3) is 5.91 Å². The topological polar surface area (TPSA) is 45.7 Å². The van der Waals surface area contributed by atoms with Crippen LogP contribution in [0, 0.1) is 6.92 Å². The molecule has 1 fully saturated rings. The van der Waals surface area contributed by atoms with Gasteiger partial charge < -0.3 is 14.5 Å². The predicted octanol–water partition coefficient (Wildman–Crippen LogP) is 2.81. The zero-order valence-electron chi connectivity index (χ0n) is 13.5. The van der Waals surface area contributed by atoms with Crippen LogP contribution in [0.2, 0.25) is 0 Å².